The molecule has 1 unspecified atom stereocenters. The number of hydrogen-bond donors (Lipinski definition) is 1. The third-order valence-corrected chi connectivity index (χ3v) is 3.24. The fourth-order valence-corrected chi connectivity index (χ4v) is 2.19. The Morgan fingerprint density at radius 3 is 2.67 bits per heavy atom. The van der Waals surface area contributed by atoms with Gasteiger partial charge in [-0.2, -0.15) is 0 Å². The number of benzene rings is 1. The molecule has 96 valence electrons. The molecule has 2 aromatic rings. The molecule has 1 heterocycles. The summed E-state index contributed by atoms with van der Waals surface area (Å²) in [6.45, 7) is 3.13. The van der Waals surface area contributed by atoms with Crippen LogP contribution in [0.2, 0.25) is 0 Å². The molecular formula is C15H21N2O+. The van der Waals surface area contributed by atoms with Crippen LogP contribution in [0, 0.1) is 0 Å². The summed E-state index contributed by atoms with van der Waals surface area (Å²) in [7, 11) is 1.98. The van der Waals surface area contributed by atoms with E-state index in [1.54, 1.807) is 0 Å². The second kappa shape index (κ2) is 5.83. The molecule has 0 fully saturated rings. The monoisotopic (exact) mass is 245 g/mol. The molecule has 18 heavy (non-hydrogen) atoms. The molecule has 1 N–H and O–H groups in total. The molecule has 0 aliphatic rings. The van der Waals surface area contributed by atoms with Crippen LogP contribution in [0.5, 0.6) is 0 Å². The number of aromatic nitrogens is 2. The minimum Gasteiger partial charge on any atom is -0.376 e. The van der Waals surface area contributed by atoms with Gasteiger partial charge in [0, 0.05) is 0 Å². The van der Waals surface area contributed by atoms with Crippen molar-refractivity contribution in [2.24, 2.45) is 7.05 Å². The van der Waals surface area contributed by atoms with Crippen LogP contribution in [-0.4, -0.2) is 9.67 Å². The number of imidazole rings is 1. The molecule has 0 spiro atoms. The summed E-state index contributed by atoms with van der Waals surface area (Å²) in [6, 6.07) is 9.80. The minimum atomic E-state index is -0.567. The fourth-order valence-electron chi connectivity index (χ4n) is 2.19. The van der Waals surface area contributed by atoms with Crippen LogP contribution in [0.25, 0.3) is 0 Å². The topological polar surface area (TPSA) is 29.0 Å². The van der Waals surface area contributed by atoms with Gasteiger partial charge in [0.25, 0.3) is 5.82 Å². The first-order valence-electron chi connectivity index (χ1n) is 6.51. The maximum Gasteiger partial charge on any atom is 0.290 e. The lowest BCUT2D eigenvalue weighted by atomic mass is 10.1. The van der Waals surface area contributed by atoms with Gasteiger partial charge >= 0.3 is 0 Å². The van der Waals surface area contributed by atoms with Crippen LogP contribution in [-0.2, 0) is 13.6 Å². The number of aryl methyl sites for hydroxylation is 2. The Morgan fingerprint density at radius 1 is 1.28 bits per heavy atom. The highest BCUT2D eigenvalue weighted by atomic mass is 16.3. The van der Waals surface area contributed by atoms with Gasteiger partial charge in [0.2, 0.25) is 0 Å². The van der Waals surface area contributed by atoms with Gasteiger partial charge in [-0.25, -0.2) is 9.13 Å². The molecule has 0 amide bonds. The van der Waals surface area contributed by atoms with Crippen molar-refractivity contribution in [1.82, 2.24) is 4.57 Å². The molecular weight excluding hydrogens is 224 g/mol. The van der Waals surface area contributed by atoms with Crippen molar-refractivity contribution in [3.63, 3.8) is 0 Å². The average Bonchev–Trinajstić information content (AvgIpc) is 2.77. The average molecular weight is 245 g/mol. The van der Waals surface area contributed by atoms with Crippen LogP contribution >= 0.6 is 0 Å². The summed E-state index contributed by atoms with van der Waals surface area (Å²) >= 11 is 0. The fraction of sp³-hybridized carbons (Fsp3) is 0.400. The lowest BCUT2D eigenvalue weighted by molar-refractivity contribution is -0.682. The van der Waals surface area contributed by atoms with Crippen molar-refractivity contribution in [2.45, 2.75) is 32.4 Å². The Hall–Kier alpha value is -1.61. The smallest absolute Gasteiger partial charge is 0.290 e. The van der Waals surface area contributed by atoms with Crippen LogP contribution in [0.3, 0.4) is 0 Å². The highest BCUT2D eigenvalue weighted by molar-refractivity contribution is 5.21. The van der Waals surface area contributed by atoms with Crippen molar-refractivity contribution in [2.75, 3.05) is 0 Å². The zero-order valence-electron chi connectivity index (χ0n) is 11.1. The SMILES string of the molecule is CCCCn1cc[n+](C)c1C(O)c1ccccc1. The van der Waals surface area contributed by atoms with Gasteiger partial charge in [-0.1, -0.05) is 43.7 Å². The van der Waals surface area contributed by atoms with Gasteiger partial charge < -0.3 is 5.11 Å². The second-order valence-electron chi connectivity index (χ2n) is 4.63. The quantitative estimate of drug-likeness (QED) is 0.804. The van der Waals surface area contributed by atoms with Crippen LogP contribution in [0.15, 0.2) is 42.7 Å². The Morgan fingerprint density at radius 2 is 2.00 bits per heavy atom. The lowest BCUT2D eigenvalue weighted by Crippen LogP contribution is -2.34. The summed E-state index contributed by atoms with van der Waals surface area (Å²) < 4.78 is 4.13. The number of hydrogen-bond acceptors (Lipinski definition) is 1. The first-order chi connectivity index (χ1) is 8.74. The van der Waals surface area contributed by atoms with E-state index in [2.05, 4.69) is 11.5 Å². The van der Waals surface area contributed by atoms with Gasteiger partial charge in [-0.15, -0.1) is 0 Å². The van der Waals surface area contributed by atoms with E-state index in [1.807, 2.05) is 54.3 Å². The van der Waals surface area contributed by atoms with Gasteiger partial charge in [0.1, 0.15) is 12.4 Å². The van der Waals surface area contributed by atoms with Gasteiger partial charge in [-0.3, -0.25) is 0 Å². The summed E-state index contributed by atoms with van der Waals surface area (Å²) in [6.07, 6.45) is 5.75. The number of rotatable bonds is 5. The predicted octanol–water partition coefficient (Wildman–Crippen LogP) is 2.19. The number of aliphatic hydroxyl groups excluding tert-OH is 1. The van der Waals surface area contributed by atoms with E-state index in [0.717, 1.165) is 30.8 Å². The largest absolute Gasteiger partial charge is 0.376 e. The maximum atomic E-state index is 10.5. The molecule has 0 aliphatic carbocycles. The molecule has 0 radical (unpaired) electrons. The molecule has 0 bridgehead atoms. The Labute approximate surface area is 108 Å². The first kappa shape index (κ1) is 12.8. The predicted molar refractivity (Wildman–Crippen MR) is 71.0 cm³/mol. The van der Waals surface area contributed by atoms with Gasteiger partial charge in [-0.05, 0) is 12.0 Å². The summed E-state index contributed by atoms with van der Waals surface area (Å²) in [4.78, 5) is 0. The molecule has 2 rings (SSSR count). The Balaban J connectivity index is 2.29. The highest BCUT2D eigenvalue weighted by Gasteiger charge is 2.24. The number of nitrogens with zero attached hydrogens (tertiary/aromatic N) is 2. The van der Waals surface area contributed by atoms with Crippen molar-refractivity contribution in [3.8, 4) is 0 Å². The van der Waals surface area contributed by atoms with Gasteiger partial charge in [0.15, 0.2) is 6.10 Å². The summed E-state index contributed by atoms with van der Waals surface area (Å²) in [5.41, 5.74) is 0.935. The van der Waals surface area contributed by atoms with Crippen LogP contribution < -0.4 is 4.57 Å². The third-order valence-electron chi connectivity index (χ3n) is 3.24. The molecule has 3 nitrogen and oxygen atoms in total. The van der Waals surface area contributed by atoms with Crippen molar-refractivity contribution < 1.29 is 9.67 Å². The van der Waals surface area contributed by atoms with Crippen molar-refractivity contribution in [1.29, 1.82) is 0 Å². The van der Waals surface area contributed by atoms with E-state index < -0.39 is 6.10 Å². The lowest BCUT2D eigenvalue weighted by Gasteiger charge is -2.09. The standard InChI is InChI=1S/C15H21N2O/c1-3-4-10-17-12-11-16(2)15(17)14(18)13-8-6-5-7-9-13/h5-9,11-12,14,18H,3-4,10H2,1-2H3/q+1. The zero-order valence-corrected chi connectivity index (χ0v) is 11.1. The normalized spacial score (nSPS) is 12.6. The van der Waals surface area contributed by atoms with E-state index in [0.29, 0.717) is 0 Å². The molecule has 0 aliphatic heterocycles. The van der Waals surface area contributed by atoms with Crippen LogP contribution in [0.4, 0.5) is 0 Å². The van der Waals surface area contributed by atoms with E-state index in [4.69, 9.17) is 0 Å². The molecule has 3 heteroatoms. The minimum absolute atomic E-state index is 0.567. The summed E-state index contributed by atoms with van der Waals surface area (Å²) in [5, 5.41) is 10.5. The van der Waals surface area contributed by atoms with Crippen molar-refractivity contribution in [3.05, 3.63) is 54.1 Å². The third kappa shape index (κ3) is 2.62. The second-order valence-corrected chi connectivity index (χ2v) is 4.63. The molecule has 1 aromatic heterocycles. The molecule has 1 aromatic carbocycles. The van der Waals surface area contributed by atoms with E-state index in [1.165, 1.54) is 0 Å². The maximum absolute atomic E-state index is 10.5. The van der Waals surface area contributed by atoms with Crippen LogP contribution in [0.1, 0.15) is 37.3 Å². The van der Waals surface area contributed by atoms with Crippen molar-refractivity contribution >= 4 is 0 Å². The highest BCUT2D eigenvalue weighted by Crippen LogP contribution is 2.19. The van der Waals surface area contributed by atoms with E-state index in [-0.39, 0.29) is 0 Å². The molecule has 1 atom stereocenters. The van der Waals surface area contributed by atoms with E-state index >= 15 is 0 Å². The molecule has 0 saturated carbocycles. The summed E-state index contributed by atoms with van der Waals surface area (Å²) in [5.74, 6) is 0.939. The van der Waals surface area contributed by atoms with Gasteiger partial charge in [0.05, 0.1) is 13.6 Å². The number of aliphatic hydroxyl groups is 1. The Bertz CT molecular complexity index is 490. The zero-order chi connectivity index (χ0) is 13.0. The Kier molecular flexibility index (Phi) is 4.15. The molecule has 0 saturated heterocycles. The first-order valence-corrected chi connectivity index (χ1v) is 6.51. The number of unbranched alkanes of at least 4 members (excludes halogenated alkanes) is 1. The van der Waals surface area contributed by atoms with E-state index in [9.17, 15) is 5.11 Å².